The summed E-state index contributed by atoms with van der Waals surface area (Å²) in [6.07, 6.45) is 3.14. The van der Waals surface area contributed by atoms with E-state index in [9.17, 15) is 4.79 Å². The molecular weight excluding hydrogens is 459 g/mol. The fraction of sp³-hybridized carbons (Fsp3) is 0.125. The van der Waals surface area contributed by atoms with E-state index < -0.39 is 0 Å². The summed E-state index contributed by atoms with van der Waals surface area (Å²) in [5.74, 6) is 1.37. The third-order valence-corrected chi connectivity index (χ3v) is 5.31. The van der Waals surface area contributed by atoms with Crippen LogP contribution < -0.4 is 14.2 Å². The van der Waals surface area contributed by atoms with Crippen molar-refractivity contribution in [2.45, 2.75) is 6.61 Å². The van der Waals surface area contributed by atoms with Crippen LogP contribution in [0, 0.1) is 0 Å². The molecule has 0 heterocycles. The highest BCUT2D eigenvalue weighted by Crippen LogP contribution is 2.37. The molecule has 31 heavy (non-hydrogen) atoms. The fourth-order valence-electron chi connectivity index (χ4n) is 2.79. The largest absolute Gasteiger partial charge is 0.497 e. The molecule has 0 saturated carbocycles. The van der Waals surface area contributed by atoms with Crippen molar-refractivity contribution in [2.24, 2.45) is 0 Å². The smallest absolute Gasteiger partial charge is 0.185 e. The highest BCUT2D eigenvalue weighted by molar-refractivity contribution is 6.35. The van der Waals surface area contributed by atoms with Gasteiger partial charge in [-0.25, -0.2) is 0 Å². The van der Waals surface area contributed by atoms with Gasteiger partial charge in [0.15, 0.2) is 17.3 Å². The summed E-state index contributed by atoms with van der Waals surface area (Å²) in [6, 6.07) is 15.5. The molecule has 0 amide bonds. The van der Waals surface area contributed by atoms with E-state index in [4.69, 9.17) is 49.0 Å². The van der Waals surface area contributed by atoms with Gasteiger partial charge in [-0.15, -0.1) is 0 Å². The molecule has 4 nitrogen and oxygen atoms in total. The third kappa shape index (κ3) is 5.95. The number of hydrogen-bond donors (Lipinski definition) is 0. The van der Waals surface area contributed by atoms with Gasteiger partial charge in [-0.1, -0.05) is 46.9 Å². The lowest BCUT2D eigenvalue weighted by Crippen LogP contribution is -2.00. The summed E-state index contributed by atoms with van der Waals surface area (Å²) in [5, 5.41) is 1.39. The molecule has 0 saturated heterocycles. The van der Waals surface area contributed by atoms with Crippen LogP contribution in [-0.2, 0) is 6.61 Å². The number of ketones is 1. The Balaban J connectivity index is 1.76. The Morgan fingerprint density at radius 3 is 2.29 bits per heavy atom. The Kier molecular flexibility index (Phi) is 7.85. The molecule has 0 spiro atoms. The minimum Gasteiger partial charge on any atom is -0.497 e. The van der Waals surface area contributed by atoms with Gasteiger partial charge in [0.1, 0.15) is 12.4 Å². The SMILES string of the molecule is COc1ccc(C(=O)/C=C/c2cc(Cl)c(OCc3ccc(Cl)cc3Cl)c(OC)c2)cc1. The van der Waals surface area contributed by atoms with Crippen molar-refractivity contribution >= 4 is 46.7 Å². The lowest BCUT2D eigenvalue weighted by molar-refractivity contribution is 0.104. The molecule has 0 aliphatic rings. The first-order valence-corrected chi connectivity index (χ1v) is 10.4. The summed E-state index contributed by atoms with van der Waals surface area (Å²) in [4.78, 5) is 12.4. The van der Waals surface area contributed by atoms with Crippen LogP contribution in [0.25, 0.3) is 6.08 Å². The number of methoxy groups -OCH3 is 2. The topological polar surface area (TPSA) is 44.8 Å². The average Bonchev–Trinajstić information content (AvgIpc) is 2.77. The predicted octanol–water partition coefficient (Wildman–Crippen LogP) is 7.14. The van der Waals surface area contributed by atoms with Gasteiger partial charge in [0.05, 0.1) is 19.2 Å². The lowest BCUT2D eigenvalue weighted by Gasteiger charge is -2.14. The van der Waals surface area contributed by atoms with Crippen LogP contribution in [0.4, 0.5) is 0 Å². The van der Waals surface area contributed by atoms with E-state index in [1.165, 1.54) is 13.2 Å². The van der Waals surface area contributed by atoms with Gasteiger partial charge in [-0.3, -0.25) is 4.79 Å². The van der Waals surface area contributed by atoms with Gasteiger partial charge in [0, 0.05) is 21.2 Å². The number of allylic oxidation sites excluding steroid dienone is 1. The Morgan fingerprint density at radius 2 is 1.65 bits per heavy atom. The van der Waals surface area contributed by atoms with Gasteiger partial charge in [0.2, 0.25) is 0 Å². The molecule has 0 unspecified atom stereocenters. The van der Waals surface area contributed by atoms with Crippen molar-refractivity contribution in [3.63, 3.8) is 0 Å². The average molecular weight is 478 g/mol. The van der Waals surface area contributed by atoms with Crippen molar-refractivity contribution in [2.75, 3.05) is 14.2 Å². The first-order valence-electron chi connectivity index (χ1n) is 9.22. The van der Waals surface area contributed by atoms with Crippen molar-refractivity contribution in [3.05, 3.63) is 92.4 Å². The van der Waals surface area contributed by atoms with Gasteiger partial charge < -0.3 is 14.2 Å². The predicted molar refractivity (Wildman–Crippen MR) is 125 cm³/mol. The van der Waals surface area contributed by atoms with Gasteiger partial charge in [-0.2, -0.15) is 0 Å². The number of hydrogen-bond acceptors (Lipinski definition) is 4. The zero-order valence-electron chi connectivity index (χ0n) is 16.8. The van der Waals surface area contributed by atoms with Crippen LogP contribution in [0.1, 0.15) is 21.5 Å². The maximum absolute atomic E-state index is 12.4. The summed E-state index contributed by atoms with van der Waals surface area (Å²) in [5.41, 5.74) is 2.01. The van der Waals surface area contributed by atoms with E-state index in [1.54, 1.807) is 67.8 Å². The molecule has 0 fully saturated rings. The van der Waals surface area contributed by atoms with Crippen molar-refractivity contribution in [1.29, 1.82) is 0 Å². The summed E-state index contributed by atoms with van der Waals surface area (Å²) in [6.45, 7) is 0.192. The molecule has 0 radical (unpaired) electrons. The Labute approximate surface area is 195 Å². The van der Waals surface area contributed by atoms with Gasteiger partial charge in [0.25, 0.3) is 0 Å². The zero-order chi connectivity index (χ0) is 22.4. The number of rotatable bonds is 8. The van der Waals surface area contributed by atoms with Gasteiger partial charge in [-0.05, 0) is 60.2 Å². The maximum atomic E-state index is 12.4. The van der Waals surface area contributed by atoms with Crippen LogP contribution in [0.3, 0.4) is 0 Å². The van der Waals surface area contributed by atoms with Crippen LogP contribution in [0.15, 0.2) is 60.7 Å². The van der Waals surface area contributed by atoms with Crippen molar-refractivity contribution < 1.29 is 19.0 Å². The van der Waals surface area contributed by atoms with Crippen LogP contribution >= 0.6 is 34.8 Å². The summed E-state index contributed by atoms with van der Waals surface area (Å²) < 4.78 is 16.4. The molecule has 160 valence electrons. The first kappa shape index (κ1) is 23.0. The molecule has 3 aromatic carbocycles. The number of benzene rings is 3. The van der Waals surface area contributed by atoms with Crippen LogP contribution in [-0.4, -0.2) is 20.0 Å². The van der Waals surface area contributed by atoms with Crippen molar-refractivity contribution in [1.82, 2.24) is 0 Å². The number of carbonyl (C=O) groups excluding carboxylic acids is 1. The lowest BCUT2D eigenvalue weighted by atomic mass is 10.1. The highest BCUT2D eigenvalue weighted by atomic mass is 35.5. The number of ether oxygens (including phenoxy) is 3. The Bertz CT molecular complexity index is 1110. The van der Waals surface area contributed by atoms with E-state index in [-0.39, 0.29) is 12.4 Å². The molecule has 0 aliphatic carbocycles. The molecular formula is C24H19Cl3O4. The fourth-order valence-corrected chi connectivity index (χ4v) is 3.52. The zero-order valence-corrected chi connectivity index (χ0v) is 19.1. The number of carbonyl (C=O) groups is 1. The normalized spacial score (nSPS) is 10.9. The van der Waals surface area contributed by atoms with E-state index >= 15 is 0 Å². The third-order valence-electron chi connectivity index (χ3n) is 4.44. The Morgan fingerprint density at radius 1 is 0.903 bits per heavy atom. The molecule has 0 N–H and O–H groups in total. The van der Waals surface area contributed by atoms with Crippen LogP contribution in [0.5, 0.6) is 17.2 Å². The molecule has 7 heteroatoms. The second kappa shape index (κ2) is 10.6. The molecule has 0 aromatic heterocycles. The summed E-state index contributed by atoms with van der Waals surface area (Å²) >= 11 is 18.5. The molecule has 0 bridgehead atoms. The van der Waals surface area contributed by atoms with Crippen molar-refractivity contribution in [3.8, 4) is 17.2 Å². The second-order valence-electron chi connectivity index (χ2n) is 6.48. The quantitative estimate of drug-likeness (QED) is 0.255. The van der Waals surface area contributed by atoms with E-state index in [2.05, 4.69) is 0 Å². The Hall–Kier alpha value is -2.66. The molecule has 0 aliphatic heterocycles. The number of halogens is 3. The van der Waals surface area contributed by atoms with E-state index in [1.807, 2.05) is 0 Å². The van der Waals surface area contributed by atoms with Crippen LogP contribution in [0.2, 0.25) is 15.1 Å². The summed E-state index contributed by atoms with van der Waals surface area (Å²) in [7, 11) is 3.09. The highest BCUT2D eigenvalue weighted by Gasteiger charge is 2.13. The maximum Gasteiger partial charge on any atom is 0.185 e. The van der Waals surface area contributed by atoms with E-state index in [0.717, 1.165) is 5.56 Å². The minimum absolute atomic E-state index is 0.143. The molecule has 3 aromatic rings. The van der Waals surface area contributed by atoms with Gasteiger partial charge >= 0.3 is 0 Å². The standard InChI is InChI=1S/C24H19Cl3O4/c1-29-19-8-5-16(6-9-19)22(28)10-3-15-11-21(27)24(23(12-15)30-2)31-14-17-4-7-18(25)13-20(17)26/h3-13H,14H2,1-2H3/b10-3+. The second-order valence-corrected chi connectivity index (χ2v) is 7.74. The molecule has 0 atom stereocenters. The minimum atomic E-state index is -0.143. The van der Waals surface area contributed by atoms with E-state index in [0.29, 0.717) is 43.4 Å². The first-order chi connectivity index (χ1) is 14.9. The monoisotopic (exact) mass is 476 g/mol. The molecule has 3 rings (SSSR count).